The summed E-state index contributed by atoms with van der Waals surface area (Å²) in [5, 5.41) is 11.9. The third kappa shape index (κ3) is 5.85. The van der Waals surface area contributed by atoms with Crippen LogP contribution >= 0.6 is 11.8 Å². The Kier molecular flexibility index (Phi) is 7.62. The van der Waals surface area contributed by atoms with E-state index >= 15 is 0 Å². The van der Waals surface area contributed by atoms with E-state index in [2.05, 4.69) is 15.5 Å². The molecule has 3 aromatic carbocycles. The van der Waals surface area contributed by atoms with Crippen LogP contribution in [0, 0.1) is 0 Å². The van der Waals surface area contributed by atoms with Gasteiger partial charge in [-0.25, -0.2) is 9.78 Å². The van der Waals surface area contributed by atoms with E-state index < -0.39 is 5.97 Å². The van der Waals surface area contributed by atoms with Crippen LogP contribution in [0.1, 0.15) is 17.3 Å². The molecule has 0 saturated heterocycles. The van der Waals surface area contributed by atoms with Crippen LogP contribution in [0.25, 0.3) is 22.5 Å². The predicted octanol–water partition coefficient (Wildman–Crippen LogP) is 5.11. The molecule has 0 bridgehead atoms. The lowest BCUT2D eigenvalue weighted by Crippen LogP contribution is -2.14. The van der Waals surface area contributed by atoms with Gasteiger partial charge in [0, 0.05) is 16.8 Å². The molecule has 0 radical (unpaired) electrons. The Hall–Kier alpha value is -4.04. The first-order chi connectivity index (χ1) is 16.6. The molecule has 0 aliphatic carbocycles. The maximum atomic E-state index is 12.5. The van der Waals surface area contributed by atoms with Crippen LogP contribution in [0.4, 0.5) is 5.69 Å². The van der Waals surface area contributed by atoms with Crippen molar-refractivity contribution < 1.29 is 14.3 Å². The average molecular weight is 471 g/mol. The second-order valence-corrected chi connectivity index (χ2v) is 8.10. The van der Waals surface area contributed by atoms with Gasteiger partial charge in [-0.3, -0.25) is 4.79 Å². The summed E-state index contributed by atoms with van der Waals surface area (Å²) in [4.78, 5) is 28.9. The highest BCUT2D eigenvalue weighted by Crippen LogP contribution is 2.29. The van der Waals surface area contributed by atoms with Crippen molar-refractivity contribution in [1.82, 2.24) is 15.2 Å². The molecule has 170 valence electrons. The van der Waals surface area contributed by atoms with Crippen molar-refractivity contribution in [3.8, 4) is 22.5 Å². The number of benzene rings is 3. The van der Waals surface area contributed by atoms with Gasteiger partial charge < -0.3 is 10.1 Å². The molecule has 1 heterocycles. The summed E-state index contributed by atoms with van der Waals surface area (Å²) < 4.78 is 4.97. The SMILES string of the molecule is CCOC(=O)c1ccc(NC(=O)CSc2nnc(-c3ccccc3)c(-c3ccccc3)n2)cc1. The number of anilines is 1. The van der Waals surface area contributed by atoms with Crippen molar-refractivity contribution in [2.45, 2.75) is 12.1 Å². The van der Waals surface area contributed by atoms with Crippen LogP contribution in [0.15, 0.2) is 90.1 Å². The number of esters is 1. The summed E-state index contributed by atoms with van der Waals surface area (Å²) >= 11 is 1.20. The minimum Gasteiger partial charge on any atom is -0.462 e. The summed E-state index contributed by atoms with van der Waals surface area (Å²) in [5.74, 6) is -0.500. The first-order valence-electron chi connectivity index (χ1n) is 10.7. The fraction of sp³-hybridized carbons (Fsp3) is 0.115. The van der Waals surface area contributed by atoms with Gasteiger partial charge in [0.1, 0.15) is 11.4 Å². The molecule has 0 fully saturated rings. The molecule has 4 aromatic rings. The highest BCUT2D eigenvalue weighted by Gasteiger charge is 2.15. The van der Waals surface area contributed by atoms with Crippen LogP contribution in [0.5, 0.6) is 0 Å². The molecule has 8 heteroatoms. The lowest BCUT2D eigenvalue weighted by Gasteiger charge is -2.10. The number of thioether (sulfide) groups is 1. The molecular weight excluding hydrogens is 448 g/mol. The Morgan fingerprint density at radius 2 is 1.44 bits per heavy atom. The Morgan fingerprint density at radius 1 is 0.824 bits per heavy atom. The van der Waals surface area contributed by atoms with E-state index in [1.54, 1.807) is 31.2 Å². The Morgan fingerprint density at radius 3 is 2.06 bits per heavy atom. The van der Waals surface area contributed by atoms with Gasteiger partial charge in [0.2, 0.25) is 11.1 Å². The van der Waals surface area contributed by atoms with Crippen molar-refractivity contribution >= 4 is 29.3 Å². The quantitative estimate of drug-likeness (QED) is 0.282. The van der Waals surface area contributed by atoms with Crippen LogP contribution in [0.3, 0.4) is 0 Å². The average Bonchev–Trinajstić information content (AvgIpc) is 2.89. The Bertz CT molecular complexity index is 1270. The molecule has 0 aliphatic rings. The van der Waals surface area contributed by atoms with Crippen LogP contribution < -0.4 is 5.32 Å². The van der Waals surface area contributed by atoms with Crippen molar-refractivity contribution in [3.05, 3.63) is 90.5 Å². The van der Waals surface area contributed by atoms with E-state index in [9.17, 15) is 9.59 Å². The maximum absolute atomic E-state index is 12.5. The second-order valence-electron chi connectivity index (χ2n) is 7.16. The largest absolute Gasteiger partial charge is 0.462 e. The maximum Gasteiger partial charge on any atom is 0.338 e. The van der Waals surface area contributed by atoms with Gasteiger partial charge in [0.25, 0.3) is 0 Å². The van der Waals surface area contributed by atoms with E-state index in [-0.39, 0.29) is 11.7 Å². The molecule has 0 aliphatic heterocycles. The molecular formula is C26H22N4O3S. The molecule has 1 aromatic heterocycles. The van der Waals surface area contributed by atoms with Gasteiger partial charge in [0.15, 0.2) is 0 Å². The van der Waals surface area contributed by atoms with Gasteiger partial charge >= 0.3 is 5.97 Å². The number of amides is 1. The zero-order chi connectivity index (χ0) is 23.8. The number of nitrogens with one attached hydrogen (secondary N) is 1. The number of carbonyl (C=O) groups excluding carboxylic acids is 2. The molecule has 1 amide bonds. The van der Waals surface area contributed by atoms with Crippen LogP contribution in [0.2, 0.25) is 0 Å². The predicted molar refractivity (Wildman–Crippen MR) is 132 cm³/mol. The molecule has 7 nitrogen and oxygen atoms in total. The minimum atomic E-state index is -0.395. The molecule has 0 saturated carbocycles. The van der Waals surface area contributed by atoms with Crippen LogP contribution in [-0.4, -0.2) is 39.4 Å². The minimum absolute atomic E-state index is 0.111. The second kappa shape index (κ2) is 11.2. The molecule has 1 N–H and O–H groups in total. The first-order valence-corrected chi connectivity index (χ1v) is 11.7. The van der Waals surface area contributed by atoms with E-state index in [0.29, 0.717) is 34.4 Å². The topological polar surface area (TPSA) is 94.1 Å². The number of hydrogen-bond acceptors (Lipinski definition) is 7. The normalized spacial score (nSPS) is 10.5. The van der Waals surface area contributed by atoms with Gasteiger partial charge in [-0.15, -0.1) is 10.2 Å². The van der Waals surface area contributed by atoms with Gasteiger partial charge in [0.05, 0.1) is 17.9 Å². The third-order valence-electron chi connectivity index (χ3n) is 4.77. The highest BCUT2D eigenvalue weighted by molar-refractivity contribution is 7.99. The first kappa shape index (κ1) is 23.1. The third-order valence-corrected chi connectivity index (χ3v) is 5.61. The fourth-order valence-corrected chi connectivity index (χ4v) is 3.78. The van der Waals surface area contributed by atoms with Gasteiger partial charge in [-0.2, -0.15) is 0 Å². The summed E-state index contributed by atoms with van der Waals surface area (Å²) in [6.45, 7) is 2.06. The summed E-state index contributed by atoms with van der Waals surface area (Å²) in [5.41, 5.74) is 4.25. The number of hydrogen-bond donors (Lipinski definition) is 1. The van der Waals surface area contributed by atoms with Gasteiger partial charge in [-0.05, 0) is 31.2 Å². The van der Waals surface area contributed by atoms with Crippen molar-refractivity contribution in [2.75, 3.05) is 17.7 Å². The van der Waals surface area contributed by atoms with Crippen molar-refractivity contribution in [2.24, 2.45) is 0 Å². The fourth-order valence-electron chi connectivity index (χ4n) is 3.19. The lowest BCUT2D eigenvalue weighted by atomic mass is 10.0. The van der Waals surface area contributed by atoms with E-state index in [1.165, 1.54) is 11.8 Å². The molecule has 4 rings (SSSR count). The van der Waals surface area contributed by atoms with Crippen molar-refractivity contribution in [3.63, 3.8) is 0 Å². The number of carbonyl (C=O) groups is 2. The standard InChI is InChI=1S/C26H22N4O3S/c1-2-33-25(32)20-13-15-21(16-14-20)27-22(31)17-34-26-28-23(18-9-5-3-6-10-18)24(29-30-26)19-11-7-4-8-12-19/h3-16H,2,17H2,1H3,(H,27,31). The number of nitrogens with zero attached hydrogens (tertiary/aromatic N) is 3. The smallest absolute Gasteiger partial charge is 0.338 e. The lowest BCUT2D eigenvalue weighted by molar-refractivity contribution is -0.113. The summed E-state index contributed by atoms with van der Waals surface area (Å²) in [6.07, 6.45) is 0. The van der Waals surface area contributed by atoms with E-state index in [4.69, 9.17) is 9.72 Å². The van der Waals surface area contributed by atoms with Crippen molar-refractivity contribution in [1.29, 1.82) is 0 Å². The van der Waals surface area contributed by atoms with E-state index in [1.807, 2.05) is 60.7 Å². The Labute approximate surface area is 201 Å². The molecule has 0 spiro atoms. The summed E-state index contributed by atoms with van der Waals surface area (Å²) in [7, 11) is 0. The zero-order valence-electron chi connectivity index (χ0n) is 18.5. The monoisotopic (exact) mass is 470 g/mol. The summed E-state index contributed by atoms with van der Waals surface area (Å²) in [6, 6.07) is 26.1. The van der Waals surface area contributed by atoms with E-state index in [0.717, 1.165) is 11.1 Å². The van der Waals surface area contributed by atoms with Gasteiger partial charge in [-0.1, -0.05) is 72.4 Å². The Balaban J connectivity index is 1.46. The number of aromatic nitrogens is 3. The zero-order valence-corrected chi connectivity index (χ0v) is 19.3. The highest BCUT2D eigenvalue weighted by atomic mass is 32.2. The molecule has 0 unspecified atom stereocenters. The molecule has 34 heavy (non-hydrogen) atoms. The number of rotatable bonds is 8. The number of ether oxygens (including phenoxy) is 1. The van der Waals surface area contributed by atoms with Crippen LogP contribution in [-0.2, 0) is 9.53 Å². The molecule has 0 atom stereocenters.